The number of hydrogen-bond donors (Lipinski definition) is 1. The van der Waals surface area contributed by atoms with Crippen molar-refractivity contribution in [2.45, 2.75) is 25.4 Å². The first kappa shape index (κ1) is 12.8. The fourth-order valence-corrected chi connectivity index (χ4v) is 2.74. The quantitative estimate of drug-likeness (QED) is 0.902. The standard InChI is InChI=1S/C15H21NO3/c17-13(5-8-16-6-1-2-7-16)12-3-4-14-15(11-12)19-10-9-18-14/h3-4,11,13,17H,1-2,5-10H2/t13-/m0/s1. The summed E-state index contributed by atoms with van der Waals surface area (Å²) in [6, 6.07) is 5.73. The van der Waals surface area contributed by atoms with Crippen molar-refractivity contribution >= 4 is 0 Å². The Balaban J connectivity index is 1.60. The van der Waals surface area contributed by atoms with Crippen LogP contribution >= 0.6 is 0 Å². The van der Waals surface area contributed by atoms with E-state index in [1.54, 1.807) is 0 Å². The van der Waals surface area contributed by atoms with Crippen molar-refractivity contribution in [3.05, 3.63) is 23.8 Å². The van der Waals surface area contributed by atoms with Crippen molar-refractivity contribution in [3.8, 4) is 11.5 Å². The number of aliphatic hydroxyl groups is 1. The summed E-state index contributed by atoms with van der Waals surface area (Å²) in [6.45, 7) is 4.50. The predicted molar refractivity (Wildman–Crippen MR) is 72.7 cm³/mol. The van der Waals surface area contributed by atoms with Gasteiger partial charge in [0, 0.05) is 6.54 Å². The van der Waals surface area contributed by atoms with Crippen LogP contribution in [0.15, 0.2) is 18.2 Å². The summed E-state index contributed by atoms with van der Waals surface area (Å²) in [5, 5.41) is 10.3. The van der Waals surface area contributed by atoms with Gasteiger partial charge in [0.2, 0.25) is 0 Å². The zero-order valence-electron chi connectivity index (χ0n) is 11.2. The first-order valence-corrected chi connectivity index (χ1v) is 7.13. The highest BCUT2D eigenvalue weighted by atomic mass is 16.6. The van der Waals surface area contributed by atoms with Gasteiger partial charge in [-0.2, -0.15) is 0 Å². The minimum Gasteiger partial charge on any atom is -0.486 e. The second-order valence-corrected chi connectivity index (χ2v) is 5.26. The summed E-state index contributed by atoms with van der Waals surface area (Å²) in [4.78, 5) is 2.42. The first-order chi connectivity index (χ1) is 9.33. The van der Waals surface area contributed by atoms with E-state index < -0.39 is 6.10 Å². The molecule has 1 aromatic rings. The van der Waals surface area contributed by atoms with E-state index in [2.05, 4.69) is 4.90 Å². The molecule has 2 heterocycles. The minimum atomic E-state index is -0.420. The number of fused-ring (bicyclic) bond motifs is 1. The lowest BCUT2D eigenvalue weighted by Gasteiger charge is -2.21. The molecule has 0 amide bonds. The van der Waals surface area contributed by atoms with E-state index in [0.29, 0.717) is 13.2 Å². The van der Waals surface area contributed by atoms with Gasteiger partial charge < -0.3 is 19.5 Å². The van der Waals surface area contributed by atoms with Gasteiger partial charge in [-0.25, -0.2) is 0 Å². The number of aliphatic hydroxyl groups excluding tert-OH is 1. The lowest BCUT2D eigenvalue weighted by Crippen LogP contribution is -2.22. The van der Waals surface area contributed by atoms with Gasteiger partial charge in [0.1, 0.15) is 13.2 Å². The van der Waals surface area contributed by atoms with Gasteiger partial charge in [-0.15, -0.1) is 0 Å². The summed E-state index contributed by atoms with van der Waals surface area (Å²) >= 11 is 0. The van der Waals surface area contributed by atoms with Crippen LogP contribution in [0.2, 0.25) is 0 Å². The second-order valence-electron chi connectivity index (χ2n) is 5.26. The van der Waals surface area contributed by atoms with Crippen LogP contribution in [0.25, 0.3) is 0 Å². The van der Waals surface area contributed by atoms with E-state index in [1.165, 1.54) is 25.9 Å². The van der Waals surface area contributed by atoms with Gasteiger partial charge >= 0.3 is 0 Å². The molecule has 0 radical (unpaired) electrons. The molecular formula is C15H21NO3. The smallest absolute Gasteiger partial charge is 0.161 e. The van der Waals surface area contributed by atoms with Crippen LogP contribution in [0, 0.1) is 0 Å². The van der Waals surface area contributed by atoms with Gasteiger partial charge in [-0.05, 0) is 50.0 Å². The normalized spacial score (nSPS) is 20.5. The van der Waals surface area contributed by atoms with Crippen molar-refractivity contribution in [2.24, 2.45) is 0 Å². The van der Waals surface area contributed by atoms with Crippen LogP contribution < -0.4 is 9.47 Å². The number of ether oxygens (including phenoxy) is 2. The monoisotopic (exact) mass is 263 g/mol. The molecule has 4 nitrogen and oxygen atoms in total. The molecular weight excluding hydrogens is 242 g/mol. The van der Waals surface area contributed by atoms with Gasteiger partial charge in [-0.1, -0.05) is 6.07 Å². The molecule has 0 unspecified atom stereocenters. The van der Waals surface area contributed by atoms with Gasteiger partial charge in [0.05, 0.1) is 6.10 Å². The van der Waals surface area contributed by atoms with Crippen molar-refractivity contribution in [1.29, 1.82) is 0 Å². The Morgan fingerprint density at radius 3 is 2.63 bits per heavy atom. The molecule has 2 aliphatic rings. The molecule has 1 fully saturated rings. The number of hydrogen-bond acceptors (Lipinski definition) is 4. The Morgan fingerprint density at radius 1 is 1.11 bits per heavy atom. The zero-order valence-corrected chi connectivity index (χ0v) is 11.2. The second kappa shape index (κ2) is 5.80. The van der Waals surface area contributed by atoms with E-state index in [9.17, 15) is 5.11 Å². The van der Waals surface area contributed by atoms with E-state index in [0.717, 1.165) is 30.0 Å². The summed E-state index contributed by atoms with van der Waals surface area (Å²) in [7, 11) is 0. The minimum absolute atomic E-state index is 0.420. The largest absolute Gasteiger partial charge is 0.486 e. The Labute approximate surface area is 113 Å². The first-order valence-electron chi connectivity index (χ1n) is 7.13. The third kappa shape index (κ3) is 3.01. The van der Waals surface area contributed by atoms with Crippen LogP contribution in [0.5, 0.6) is 11.5 Å². The number of likely N-dealkylation sites (tertiary alicyclic amines) is 1. The highest BCUT2D eigenvalue weighted by molar-refractivity contribution is 5.44. The van der Waals surface area contributed by atoms with Crippen molar-refractivity contribution < 1.29 is 14.6 Å². The molecule has 19 heavy (non-hydrogen) atoms. The molecule has 2 aliphatic heterocycles. The Kier molecular flexibility index (Phi) is 3.89. The maximum Gasteiger partial charge on any atom is 0.161 e. The van der Waals surface area contributed by atoms with Crippen LogP contribution in [0.3, 0.4) is 0 Å². The molecule has 1 atom stereocenters. The van der Waals surface area contributed by atoms with Crippen LogP contribution in [0.4, 0.5) is 0 Å². The molecule has 0 aromatic heterocycles. The van der Waals surface area contributed by atoms with Crippen molar-refractivity contribution in [3.63, 3.8) is 0 Å². The van der Waals surface area contributed by atoms with Gasteiger partial charge in [0.15, 0.2) is 11.5 Å². The van der Waals surface area contributed by atoms with E-state index in [4.69, 9.17) is 9.47 Å². The van der Waals surface area contributed by atoms with Crippen LogP contribution in [-0.2, 0) is 0 Å². The van der Waals surface area contributed by atoms with Crippen LogP contribution in [-0.4, -0.2) is 42.9 Å². The number of nitrogens with zero attached hydrogens (tertiary/aromatic N) is 1. The summed E-state index contributed by atoms with van der Waals surface area (Å²) in [5.41, 5.74) is 0.920. The van der Waals surface area contributed by atoms with Gasteiger partial charge in [0.25, 0.3) is 0 Å². The van der Waals surface area contributed by atoms with Crippen molar-refractivity contribution in [1.82, 2.24) is 4.90 Å². The molecule has 0 spiro atoms. The highest BCUT2D eigenvalue weighted by Gasteiger charge is 2.17. The summed E-state index contributed by atoms with van der Waals surface area (Å²) < 4.78 is 11.0. The lowest BCUT2D eigenvalue weighted by atomic mass is 10.1. The Hall–Kier alpha value is -1.26. The molecule has 1 saturated heterocycles. The maximum absolute atomic E-state index is 10.3. The average molecular weight is 263 g/mol. The molecule has 0 bridgehead atoms. The highest BCUT2D eigenvalue weighted by Crippen LogP contribution is 2.33. The number of benzene rings is 1. The molecule has 0 aliphatic carbocycles. The third-order valence-electron chi connectivity index (χ3n) is 3.87. The Bertz CT molecular complexity index is 429. The fraction of sp³-hybridized carbons (Fsp3) is 0.600. The Morgan fingerprint density at radius 2 is 1.84 bits per heavy atom. The molecule has 4 heteroatoms. The molecule has 1 N–H and O–H groups in total. The zero-order chi connectivity index (χ0) is 13.1. The maximum atomic E-state index is 10.3. The topological polar surface area (TPSA) is 41.9 Å². The average Bonchev–Trinajstić information content (AvgIpc) is 2.97. The van der Waals surface area contributed by atoms with Crippen LogP contribution in [0.1, 0.15) is 30.9 Å². The third-order valence-corrected chi connectivity index (χ3v) is 3.87. The van der Waals surface area contributed by atoms with E-state index in [1.807, 2.05) is 18.2 Å². The molecule has 0 saturated carbocycles. The summed E-state index contributed by atoms with van der Waals surface area (Å²) in [5.74, 6) is 1.53. The molecule has 1 aromatic carbocycles. The summed E-state index contributed by atoms with van der Waals surface area (Å²) in [6.07, 6.45) is 2.94. The predicted octanol–water partition coefficient (Wildman–Crippen LogP) is 1.98. The van der Waals surface area contributed by atoms with E-state index >= 15 is 0 Å². The molecule has 104 valence electrons. The number of rotatable bonds is 4. The SMILES string of the molecule is O[C@@H](CCN1CCCC1)c1ccc2c(c1)OCCO2. The van der Waals surface area contributed by atoms with Crippen molar-refractivity contribution in [2.75, 3.05) is 32.8 Å². The fourth-order valence-electron chi connectivity index (χ4n) is 2.74. The molecule has 3 rings (SSSR count). The van der Waals surface area contributed by atoms with E-state index in [-0.39, 0.29) is 0 Å². The lowest BCUT2D eigenvalue weighted by molar-refractivity contribution is 0.145. The van der Waals surface area contributed by atoms with Gasteiger partial charge in [-0.3, -0.25) is 0 Å².